The Balaban J connectivity index is 2.28. The SMILES string of the molecule is CCNC(C)(CO)c1ccc(-c2ccccc2)cc1. The van der Waals surface area contributed by atoms with Crippen LogP contribution in [0.1, 0.15) is 19.4 Å². The third-order valence-electron chi connectivity index (χ3n) is 3.51. The molecular formula is C17H21NO. The largest absolute Gasteiger partial charge is 0.394 e. The van der Waals surface area contributed by atoms with Gasteiger partial charge in [0.25, 0.3) is 0 Å². The molecule has 2 aromatic rings. The fraction of sp³-hybridized carbons (Fsp3) is 0.294. The number of aliphatic hydroxyl groups excluding tert-OH is 1. The van der Waals surface area contributed by atoms with Gasteiger partial charge in [0.2, 0.25) is 0 Å². The van der Waals surface area contributed by atoms with E-state index in [4.69, 9.17) is 0 Å². The van der Waals surface area contributed by atoms with E-state index in [0.717, 1.165) is 12.1 Å². The van der Waals surface area contributed by atoms with Crippen molar-refractivity contribution in [2.75, 3.05) is 13.2 Å². The minimum atomic E-state index is -0.371. The molecule has 1 atom stereocenters. The highest BCUT2D eigenvalue weighted by Crippen LogP contribution is 2.24. The van der Waals surface area contributed by atoms with Crippen LogP contribution in [-0.2, 0) is 5.54 Å². The predicted molar refractivity (Wildman–Crippen MR) is 80.0 cm³/mol. The third-order valence-corrected chi connectivity index (χ3v) is 3.51. The molecule has 0 aliphatic heterocycles. The molecule has 100 valence electrons. The van der Waals surface area contributed by atoms with Crippen LogP contribution in [0.25, 0.3) is 11.1 Å². The Hall–Kier alpha value is -1.64. The number of hydrogen-bond acceptors (Lipinski definition) is 2. The molecule has 0 radical (unpaired) electrons. The van der Waals surface area contributed by atoms with Crippen molar-refractivity contribution >= 4 is 0 Å². The maximum atomic E-state index is 9.59. The van der Waals surface area contributed by atoms with E-state index in [-0.39, 0.29) is 12.1 Å². The van der Waals surface area contributed by atoms with E-state index in [2.05, 4.69) is 41.7 Å². The minimum absolute atomic E-state index is 0.0888. The Bertz CT molecular complexity index is 507. The number of likely N-dealkylation sites (N-methyl/N-ethyl adjacent to an activating group) is 1. The maximum absolute atomic E-state index is 9.59. The molecule has 2 aromatic carbocycles. The molecule has 19 heavy (non-hydrogen) atoms. The van der Waals surface area contributed by atoms with Gasteiger partial charge in [0.15, 0.2) is 0 Å². The summed E-state index contributed by atoms with van der Waals surface area (Å²) < 4.78 is 0. The average Bonchev–Trinajstić information content (AvgIpc) is 2.48. The lowest BCUT2D eigenvalue weighted by molar-refractivity contribution is 0.177. The Labute approximate surface area is 115 Å². The van der Waals surface area contributed by atoms with Gasteiger partial charge in [-0.05, 0) is 30.2 Å². The van der Waals surface area contributed by atoms with Crippen LogP contribution in [-0.4, -0.2) is 18.3 Å². The van der Waals surface area contributed by atoms with Crippen LogP contribution in [0.2, 0.25) is 0 Å². The van der Waals surface area contributed by atoms with Crippen LogP contribution in [0.15, 0.2) is 54.6 Å². The summed E-state index contributed by atoms with van der Waals surface area (Å²) >= 11 is 0. The fourth-order valence-corrected chi connectivity index (χ4v) is 2.30. The lowest BCUT2D eigenvalue weighted by Crippen LogP contribution is -2.42. The molecule has 1 unspecified atom stereocenters. The highest BCUT2D eigenvalue weighted by Gasteiger charge is 2.24. The third kappa shape index (κ3) is 3.03. The van der Waals surface area contributed by atoms with E-state index in [0.29, 0.717) is 0 Å². The maximum Gasteiger partial charge on any atom is 0.0652 e. The van der Waals surface area contributed by atoms with E-state index >= 15 is 0 Å². The van der Waals surface area contributed by atoms with Crippen molar-refractivity contribution in [1.82, 2.24) is 5.32 Å². The van der Waals surface area contributed by atoms with Gasteiger partial charge < -0.3 is 10.4 Å². The molecule has 2 N–H and O–H groups in total. The smallest absolute Gasteiger partial charge is 0.0652 e. The zero-order valence-electron chi connectivity index (χ0n) is 11.6. The first-order chi connectivity index (χ1) is 9.19. The monoisotopic (exact) mass is 255 g/mol. The van der Waals surface area contributed by atoms with Crippen LogP contribution >= 0.6 is 0 Å². The van der Waals surface area contributed by atoms with Gasteiger partial charge in [-0.2, -0.15) is 0 Å². The highest BCUT2D eigenvalue weighted by atomic mass is 16.3. The molecule has 0 saturated heterocycles. The summed E-state index contributed by atoms with van der Waals surface area (Å²) in [6, 6.07) is 18.7. The van der Waals surface area contributed by atoms with Crippen molar-refractivity contribution in [3.05, 3.63) is 60.2 Å². The normalized spacial score (nSPS) is 14.1. The van der Waals surface area contributed by atoms with Gasteiger partial charge >= 0.3 is 0 Å². The van der Waals surface area contributed by atoms with Gasteiger partial charge in [0.05, 0.1) is 12.1 Å². The Morgan fingerprint density at radius 3 is 2.05 bits per heavy atom. The average molecular weight is 255 g/mol. The second kappa shape index (κ2) is 6.00. The van der Waals surface area contributed by atoms with Crippen molar-refractivity contribution in [2.24, 2.45) is 0 Å². The van der Waals surface area contributed by atoms with Gasteiger partial charge in [-0.15, -0.1) is 0 Å². The summed E-state index contributed by atoms with van der Waals surface area (Å²) in [5.74, 6) is 0. The van der Waals surface area contributed by atoms with Crippen molar-refractivity contribution in [1.29, 1.82) is 0 Å². The lowest BCUT2D eigenvalue weighted by Gasteiger charge is -2.29. The molecule has 0 heterocycles. The second-order valence-electron chi connectivity index (χ2n) is 4.96. The van der Waals surface area contributed by atoms with Crippen molar-refractivity contribution in [2.45, 2.75) is 19.4 Å². The van der Waals surface area contributed by atoms with Gasteiger partial charge in [-0.1, -0.05) is 61.5 Å². The number of rotatable bonds is 5. The summed E-state index contributed by atoms with van der Waals surface area (Å²) in [5.41, 5.74) is 3.14. The van der Waals surface area contributed by atoms with Gasteiger partial charge in [0, 0.05) is 0 Å². The quantitative estimate of drug-likeness (QED) is 0.860. The van der Waals surface area contributed by atoms with Crippen LogP contribution in [0, 0.1) is 0 Å². The first-order valence-electron chi connectivity index (χ1n) is 6.71. The molecule has 0 aliphatic carbocycles. The minimum Gasteiger partial charge on any atom is -0.394 e. The molecule has 2 heteroatoms. The Morgan fingerprint density at radius 2 is 1.53 bits per heavy atom. The highest BCUT2D eigenvalue weighted by molar-refractivity contribution is 5.63. The van der Waals surface area contributed by atoms with Crippen LogP contribution in [0.4, 0.5) is 0 Å². The summed E-state index contributed by atoms with van der Waals surface area (Å²) in [6.45, 7) is 4.99. The standard InChI is InChI=1S/C17H21NO/c1-3-18-17(2,13-19)16-11-9-15(10-12-16)14-7-5-4-6-8-14/h4-12,18-19H,3,13H2,1-2H3. The number of nitrogens with one attached hydrogen (secondary N) is 1. The van der Waals surface area contributed by atoms with Crippen LogP contribution in [0.3, 0.4) is 0 Å². The molecule has 0 spiro atoms. The Kier molecular flexibility index (Phi) is 4.35. The molecule has 2 nitrogen and oxygen atoms in total. The number of aliphatic hydroxyl groups is 1. The first kappa shape index (κ1) is 13.8. The predicted octanol–water partition coefficient (Wildman–Crippen LogP) is 3.17. The van der Waals surface area contributed by atoms with Gasteiger partial charge in [-0.25, -0.2) is 0 Å². The second-order valence-corrected chi connectivity index (χ2v) is 4.96. The first-order valence-corrected chi connectivity index (χ1v) is 6.71. The molecule has 0 amide bonds. The molecular weight excluding hydrogens is 234 g/mol. The van der Waals surface area contributed by atoms with Crippen molar-refractivity contribution in [3.8, 4) is 11.1 Å². The molecule has 2 rings (SSSR count). The van der Waals surface area contributed by atoms with Crippen LogP contribution < -0.4 is 5.32 Å². The Morgan fingerprint density at radius 1 is 0.947 bits per heavy atom. The lowest BCUT2D eigenvalue weighted by atomic mass is 9.91. The van der Waals surface area contributed by atoms with E-state index in [9.17, 15) is 5.11 Å². The van der Waals surface area contributed by atoms with Crippen molar-refractivity contribution in [3.63, 3.8) is 0 Å². The van der Waals surface area contributed by atoms with Gasteiger partial charge in [0.1, 0.15) is 0 Å². The molecule has 0 bridgehead atoms. The topological polar surface area (TPSA) is 32.3 Å². The molecule has 0 aromatic heterocycles. The van der Waals surface area contributed by atoms with Crippen molar-refractivity contribution < 1.29 is 5.11 Å². The summed E-state index contributed by atoms with van der Waals surface area (Å²) in [5, 5.41) is 12.9. The number of hydrogen-bond donors (Lipinski definition) is 2. The van der Waals surface area contributed by atoms with Crippen LogP contribution in [0.5, 0.6) is 0 Å². The van der Waals surface area contributed by atoms with E-state index in [1.54, 1.807) is 0 Å². The zero-order valence-corrected chi connectivity index (χ0v) is 11.6. The molecule has 0 saturated carbocycles. The zero-order chi connectivity index (χ0) is 13.7. The van der Waals surface area contributed by atoms with E-state index in [1.807, 2.05) is 32.0 Å². The van der Waals surface area contributed by atoms with E-state index < -0.39 is 0 Å². The molecule has 0 aliphatic rings. The van der Waals surface area contributed by atoms with Gasteiger partial charge in [-0.3, -0.25) is 0 Å². The molecule has 0 fully saturated rings. The summed E-state index contributed by atoms with van der Waals surface area (Å²) in [6.07, 6.45) is 0. The van der Waals surface area contributed by atoms with E-state index in [1.165, 1.54) is 11.1 Å². The number of benzene rings is 2. The summed E-state index contributed by atoms with van der Waals surface area (Å²) in [4.78, 5) is 0. The summed E-state index contributed by atoms with van der Waals surface area (Å²) in [7, 11) is 0. The fourth-order valence-electron chi connectivity index (χ4n) is 2.30.